The molecule has 0 spiro atoms. The van der Waals surface area contributed by atoms with Gasteiger partial charge in [-0.2, -0.15) is 0 Å². The fourth-order valence-corrected chi connectivity index (χ4v) is 4.31. The summed E-state index contributed by atoms with van der Waals surface area (Å²) in [4.78, 5) is 21.7. The van der Waals surface area contributed by atoms with Crippen LogP contribution in [-0.4, -0.2) is 23.7 Å². The molecule has 216 valence electrons. The van der Waals surface area contributed by atoms with Gasteiger partial charge in [0.1, 0.15) is 0 Å². The fourth-order valence-electron chi connectivity index (χ4n) is 4.31. The highest BCUT2D eigenvalue weighted by Crippen LogP contribution is 2.12. The van der Waals surface area contributed by atoms with Crippen molar-refractivity contribution >= 4 is 11.9 Å². The zero-order valence-electron chi connectivity index (χ0n) is 24.8. The fraction of sp³-hybridized carbons (Fsp3) is 0.938. The van der Waals surface area contributed by atoms with Crippen molar-refractivity contribution in [3.63, 3.8) is 0 Å². The Hall–Kier alpha value is -1.06. The van der Waals surface area contributed by atoms with Crippen LogP contribution >= 0.6 is 0 Å². The van der Waals surface area contributed by atoms with Gasteiger partial charge in [0, 0.05) is 12.8 Å². The number of carbonyl (C=O) groups excluding carboxylic acids is 1. The number of aliphatic carboxylic acids is 1. The van der Waals surface area contributed by atoms with Gasteiger partial charge in [-0.05, 0) is 19.3 Å². The Balaban J connectivity index is 0. The van der Waals surface area contributed by atoms with Crippen molar-refractivity contribution in [1.82, 2.24) is 0 Å². The monoisotopic (exact) mass is 512 g/mol. The first-order valence-corrected chi connectivity index (χ1v) is 16.0. The molecule has 0 bridgehead atoms. The predicted octanol–water partition coefficient (Wildman–Crippen LogP) is 10.8. The van der Waals surface area contributed by atoms with E-state index in [1.165, 1.54) is 128 Å². The molecule has 0 aromatic carbocycles. The first kappa shape index (κ1) is 37.1. The third kappa shape index (κ3) is 37.5. The average molecular weight is 513 g/mol. The summed E-state index contributed by atoms with van der Waals surface area (Å²) in [5, 5.41) is 8.46. The van der Waals surface area contributed by atoms with E-state index in [-0.39, 0.29) is 5.97 Å². The van der Waals surface area contributed by atoms with Gasteiger partial charge in [-0.25, -0.2) is 0 Å². The first-order chi connectivity index (χ1) is 17.6. The Morgan fingerprint density at radius 1 is 0.444 bits per heavy atom. The van der Waals surface area contributed by atoms with Gasteiger partial charge in [0.2, 0.25) is 0 Å². The first-order valence-electron chi connectivity index (χ1n) is 16.0. The van der Waals surface area contributed by atoms with E-state index in [1.807, 2.05) is 0 Å². The highest BCUT2D eigenvalue weighted by molar-refractivity contribution is 5.69. The van der Waals surface area contributed by atoms with Crippen LogP contribution in [0.3, 0.4) is 0 Å². The van der Waals surface area contributed by atoms with E-state index in [0.717, 1.165) is 25.7 Å². The number of carboxylic acids is 1. The lowest BCUT2D eigenvalue weighted by Gasteiger charge is -2.05. The van der Waals surface area contributed by atoms with E-state index in [0.29, 0.717) is 19.4 Å². The summed E-state index contributed by atoms with van der Waals surface area (Å²) in [6.45, 7) is 7.31. The second kappa shape index (κ2) is 33.9. The van der Waals surface area contributed by atoms with Crippen molar-refractivity contribution in [3.8, 4) is 0 Å². The van der Waals surface area contributed by atoms with Gasteiger partial charge in [-0.15, -0.1) is 0 Å². The van der Waals surface area contributed by atoms with Gasteiger partial charge in [0.05, 0.1) is 6.61 Å². The lowest BCUT2D eigenvalue weighted by molar-refractivity contribution is -0.144. The van der Waals surface area contributed by atoms with Crippen LogP contribution in [0.1, 0.15) is 188 Å². The highest BCUT2D eigenvalue weighted by Gasteiger charge is 2.02. The zero-order valence-corrected chi connectivity index (χ0v) is 24.8. The van der Waals surface area contributed by atoms with Crippen LogP contribution in [0, 0.1) is 0 Å². The van der Waals surface area contributed by atoms with Gasteiger partial charge in [0.25, 0.3) is 0 Å². The second-order valence-electron chi connectivity index (χ2n) is 10.5. The van der Waals surface area contributed by atoms with Crippen LogP contribution < -0.4 is 0 Å². The lowest BCUT2D eigenvalue weighted by Crippen LogP contribution is -2.05. The molecule has 1 N–H and O–H groups in total. The Kier molecular flexibility index (Phi) is 35.0. The van der Waals surface area contributed by atoms with Gasteiger partial charge >= 0.3 is 11.9 Å². The van der Waals surface area contributed by atoms with Crippen molar-refractivity contribution in [2.45, 2.75) is 188 Å². The van der Waals surface area contributed by atoms with Crippen molar-refractivity contribution in [2.75, 3.05) is 6.61 Å². The molecule has 0 aliphatic rings. The SMILES string of the molecule is CCCCCCCCCCCC(=O)OCCCCCC.CCCCCCCCCCCCCC(=O)O. The number of carbonyl (C=O) groups is 2. The maximum absolute atomic E-state index is 11.5. The molecule has 0 aliphatic carbocycles. The number of rotatable bonds is 27. The summed E-state index contributed by atoms with van der Waals surface area (Å²) in [5.41, 5.74) is 0. The van der Waals surface area contributed by atoms with Crippen LogP contribution in [0.15, 0.2) is 0 Å². The summed E-state index contributed by atoms with van der Waals surface area (Å²) in [5.74, 6) is -0.652. The van der Waals surface area contributed by atoms with E-state index in [2.05, 4.69) is 20.8 Å². The molecule has 4 heteroatoms. The number of ether oxygens (including phenoxy) is 1. The second-order valence-corrected chi connectivity index (χ2v) is 10.5. The van der Waals surface area contributed by atoms with Crippen LogP contribution in [0.25, 0.3) is 0 Å². The van der Waals surface area contributed by atoms with Gasteiger partial charge in [-0.1, -0.05) is 156 Å². The summed E-state index contributed by atoms with van der Waals surface area (Å²) in [6.07, 6.45) is 31.3. The van der Waals surface area contributed by atoms with E-state index in [4.69, 9.17) is 9.84 Å². The van der Waals surface area contributed by atoms with Crippen LogP contribution in [0.5, 0.6) is 0 Å². The summed E-state index contributed by atoms with van der Waals surface area (Å²) >= 11 is 0. The Labute approximate surface area is 225 Å². The molecule has 0 atom stereocenters. The number of hydrogen-bond donors (Lipinski definition) is 1. The molecule has 0 saturated heterocycles. The Morgan fingerprint density at radius 2 is 0.750 bits per heavy atom. The van der Waals surface area contributed by atoms with Gasteiger partial charge < -0.3 is 9.84 Å². The summed E-state index contributed by atoms with van der Waals surface area (Å²) in [7, 11) is 0. The smallest absolute Gasteiger partial charge is 0.305 e. The lowest BCUT2D eigenvalue weighted by atomic mass is 10.1. The maximum Gasteiger partial charge on any atom is 0.305 e. The number of hydrogen-bond acceptors (Lipinski definition) is 3. The number of unbranched alkanes of at least 4 members (excludes halogenated alkanes) is 21. The summed E-state index contributed by atoms with van der Waals surface area (Å²) in [6, 6.07) is 0. The van der Waals surface area contributed by atoms with Crippen LogP contribution in [-0.2, 0) is 14.3 Å². The summed E-state index contributed by atoms with van der Waals surface area (Å²) < 4.78 is 5.22. The topological polar surface area (TPSA) is 63.6 Å². The molecule has 0 unspecified atom stereocenters. The Bertz CT molecular complexity index is 436. The van der Waals surface area contributed by atoms with Crippen molar-refractivity contribution in [2.24, 2.45) is 0 Å². The molecular weight excluding hydrogens is 448 g/mol. The van der Waals surface area contributed by atoms with Crippen molar-refractivity contribution < 1.29 is 19.4 Å². The number of esters is 1. The molecule has 0 rings (SSSR count). The molecule has 0 radical (unpaired) electrons. The van der Waals surface area contributed by atoms with Gasteiger partial charge in [0.15, 0.2) is 0 Å². The average Bonchev–Trinajstić information content (AvgIpc) is 2.86. The molecule has 4 nitrogen and oxygen atoms in total. The van der Waals surface area contributed by atoms with E-state index in [1.54, 1.807) is 0 Å². The third-order valence-corrected chi connectivity index (χ3v) is 6.74. The molecule has 0 aromatic rings. The molecule has 36 heavy (non-hydrogen) atoms. The maximum atomic E-state index is 11.5. The van der Waals surface area contributed by atoms with E-state index < -0.39 is 5.97 Å². The van der Waals surface area contributed by atoms with Gasteiger partial charge in [-0.3, -0.25) is 9.59 Å². The van der Waals surface area contributed by atoms with Crippen molar-refractivity contribution in [3.05, 3.63) is 0 Å². The minimum atomic E-state index is -0.657. The van der Waals surface area contributed by atoms with Crippen LogP contribution in [0.2, 0.25) is 0 Å². The normalized spacial score (nSPS) is 10.6. The molecule has 0 fully saturated rings. The molecule has 0 aliphatic heterocycles. The zero-order chi connectivity index (χ0) is 27.0. The standard InChI is InChI=1S/C18H36O2.C14H28O2/c1-3-5-7-9-10-11-12-13-14-16-18(19)20-17-15-8-6-4-2;1-2-3-4-5-6-7-8-9-10-11-12-13-14(15)16/h3-17H2,1-2H3;2-13H2,1H3,(H,15,16). The molecular formula is C32H64O4. The predicted molar refractivity (Wildman–Crippen MR) is 156 cm³/mol. The minimum Gasteiger partial charge on any atom is -0.481 e. The molecule has 0 saturated carbocycles. The highest BCUT2D eigenvalue weighted by atomic mass is 16.5. The van der Waals surface area contributed by atoms with E-state index in [9.17, 15) is 9.59 Å². The Morgan fingerprint density at radius 3 is 1.11 bits per heavy atom. The number of carboxylic acid groups (broad SMARTS) is 1. The van der Waals surface area contributed by atoms with E-state index >= 15 is 0 Å². The van der Waals surface area contributed by atoms with Crippen molar-refractivity contribution in [1.29, 1.82) is 0 Å². The van der Waals surface area contributed by atoms with Crippen LogP contribution in [0.4, 0.5) is 0 Å². The molecule has 0 aromatic heterocycles. The largest absolute Gasteiger partial charge is 0.481 e. The molecule has 0 heterocycles. The molecule has 0 amide bonds. The quantitative estimate of drug-likeness (QED) is 0.0877. The minimum absolute atomic E-state index is 0.00412. The third-order valence-electron chi connectivity index (χ3n) is 6.74.